The van der Waals surface area contributed by atoms with Crippen molar-refractivity contribution in [3.63, 3.8) is 0 Å². The Bertz CT molecular complexity index is 656. The molecule has 0 saturated heterocycles. The number of alkyl halides is 1. The molecular formula is C16H11BrO. The minimum Gasteiger partial charge on any atom is -0.289 e. The molecule has 0 unspecified atom stereocenters. The van der Waals surface area contributed by atoms with Gasteiger partial charge in [0.1, 0.15) is 0 Å². The van der Waals surface area contributed by atoms with Crippen molar-refractivity contribution in [3.05, 3.63) is 65.2 Å². The second-order valence-corrected chi connectivity index (χ2v) is 4.88. The average Bonchev–Trinajstić information content (AvgIpc) is 2.71. The van der Waals surface area contributed by atoms with E-state index in [1.807, 2.05) is 54.6 Å². The molecule has 0 aromatic heterocycles. The predicted molar refractivity (Wildman–Crippen MR) is 78.1 cm³/mol. The number of halogens is 1. The predicted octanol–water partition coefficient (Wildman–Crippen LogP) is 4.31. The molecule has 0 fully saturated rings. The van der Waals surface area contributed by atoms with Crippen LogP contribution >= 0.6 is 15.9 Å². The third kappa shape index (κ3) is 1.73. The second-order valence-electron chi connectivity index (χ2n) is 4.24. The summed E-state index contributed by atoms with van der Waals surface area (Å²) >= 11 is 3.35. The molecule has 1 aliphatic carbocycles. The first-order valence-corrected chi connectivity index (χ1v) is 6.94. The summed E-state index contributed by atoms with van der Waals surface area (Å²) in [5.74, 6) is 0.134. The first kappa shape index (κ1) is 11.4. The van der Waals surface area contributed by atoms with Gasteiger partial charge in [-0.3, -0.25) is 4.79 Å². The Balaban J connectivity index is 2.14. The molecule has 0 saturated carbocycles. The quantitative estimate of drug-likeness (QED) is 0.645. The largest absolute Gasteiger partial charge is 0.289 e. The highest BCUT2D eigenvalue weighted by molar-refractivity contribution is 9.09. The van der Waals surface area contributed by atoms with Gasteiger partial charge >= 0.3 is 0 Å². The molecule has 0 spiro atoms. The minimum absolute atomic E-state index is 0.134. The van der Waals surface area contributed by atoms with Crippen molar-refractivity contribution in [2.75, 3.05) is 5.33 Å². The summed E-state index contributed by atoms with van der Waals surface area (Å²) in [4.78, 5) is 12.3. The summed E-state index contributed by atoms with van der Waals surface area (Å²) < 4.78 is 0. The zero-order valence-electron chi connectivity index (χ0n) is 9.69. The summed E-state index contributed by atoms with van der Waals surface area (Å²) in [5, 5.41) is 0.818. The van der Waals surface area contributed by atoms with Crippen molar-refractivity contribution in [2.24, 2.45) is 0 Å². The topological polar surface area (TPSA) is 17.1 Å². The van der Waals surface area contributed by atoms with E-state index in [9.17, 15) is 4.79 Å². The summed E-state index contributed by atoms with van der Waals surface area (Å²) in [6.45, 7) is 0. The maximum absolute atomic E-state index is 12.3. The van der Waals surface area contributed by atoms with Gasteiger partial charge < -0.3 is 0 Å². The number of fused-ring (bicyclic) bond motifs is 3. The van der Waals surface area contributed by atoms with E-state index >= 15 is 0 Å². The van der Waals surface area contributed by atoms with Crippen molar-refractivity contribution < 1.29 is 4.79 Å². The Hall–Kier alpha value is -1.67. The van der Waals surface area contributed by atoms with Gasteiger partial charge in [0.05, 0.1) is 0 Å². The van der Waals surface area contributed by atoms with E-state index in [1.165, 1.54) is 0 Å². The van der Waals surface area contributed by atoms with E-state index in [4.69, 9.17) is 0 Å². The van der Waals surface area contributed by atoms with E-state index in [0.717, 1.165) is 33.1 Å². The fraction of sp³-hybridized carbons (Fsp3) is 0.0625. The number of hydrogen-bond donors (Lipinski definition) is 0. The molecule has 0 heterocycles. The first-order valence-electron chi connectivity index (χ1n) is 5.82. The molecule has 2 heteroatoms. The molecule has 1 aliphatic rings. The zero-order valence-corrected chi connectivity index (χ0v) is 11.3. The smallest absolute Gasteiger partial charge is 0.194 e. The van der Waals surface area contributed by atoms with Gasteiger partial charge in [0, 0.05) is 16.5 Å². The SMILES string of the molecule is O=C1c2ccccc2-c2ccc(C=CCBr)cc21. The Morgan fingerprint density at radius 3 is 2.44 bits per heavy atom. The van der Waals surface area contributed by atoms with Crippen LogP contribution < -0.4 is 0 Å². The van der Waals surface area contributed by atoms with Gasteiger partial charge in [-0.15, -0.1) is 0 Å². The van der Waals surface area contributed by atoms with E-state index in [2.05, 4.69) is 15.9 Å². The lowest BCUT2D eigenvalue weighted by Crippen LogP contribution is -1.94. The van der Waals surface area contributed by atoms with Gasteiger partial charge in [0.2, 0.25) is 0 Å². The molecule has 18 heavy (non-hydrogen) atoms. The molecule has 88 valence electrons. The molecule has 3 rings (SSSR count). The number of ketones is 1. The fourth-order valence-corrected chi connectivity index (χ4v) is 2.52. The van der Waals surface area contributed by atoms with Crippen molar-refractivity contribution in [1.29, 1.82) is 0 Å². The van der Waals surface area contributed by atoms with E-state index < -0.39 is 0 Å². The zero-order chi connectivity index (χ0) is 12.5. The third-order valence-corrected chi connectivity index (χ3v) is 3.52. The molecule has 0 N–H and O–H groups in total. The highest BCUT2D eigenvalue weighted by Gasteiger charge is 2.25. The number of hydrogen-bond acceptors (Lipinski definition) is 1. The Morgan fingerprint density at radius 2 is 1.67 bits per heavy atom. The first-order chi connectivity index (χ1) is 8.81. The summed E-state index contributed by atoms with van der Waals surface area (Å²) in [6.07, 6.45) is 4.04. The monoisotopic (exact) mass is 298 g/mol. The molecule has 2 aromatic rings. The highest BCUT2D eigenvalue weighted by Crippen LogP contribution is 2.36. The van der Waals surface area contributed by atoms with E-state index in [-0.39, 0.29) is 5.78 Å². The Kier molecular flexibility index (Phi) is 2.88. The van der Waals surface area contributed by atoms with Crippen LogP contribution in [0.1, 0.15) is 21.5 Å². The molecular weight excluding hydrogens is 288 g/mol. The standard InChI is InChI=1S/C16H11BrO/c17-9-3-4-11-7-8-13-12-5-1-2-6-14(12)16(18)15(13)10-11/h1-8,10H,9H2. The maximum atomic E-state index is 12.3. The number of benzene rings is 2. The van der Waals surface area contributed by atoms with Crippen LogP contribution in [0.15, 0.2) is 48.5 Å². The lowest BCUT2D eigenvalue weighted by atomic mass is 10.0. The minimum atomic E-state index is 0.134. The van der Waals surface area contributed by atoms with Crippen LogP contribution in [0.2, 0.25) is 0 Å². The van der Waals surface area contributed by atoms with Crippen LogP contribution in [-0.4, -0.2) is 11.1 Å². The van der Waals surface area contributed by atoms with Crippen LogP contribution in [0.4, 0.5) is 0 Å². The lowest BCUT2D eigenvalue weighted by molar-refractivity contribution is 0.104. The van der Waals surface area contributed by atoms with Gasteiger partial charge in [0.15, 0.2) is 5.78 Å². The normalized spacial score (nSPS) is 12.8. The summed E-state index contributed by atoms with van der Waals surface area (Å²) in [6, 6.07) is 13.8. The molecule has 0 aliphatic heterocycles. The van der Waals surface area contributed by atoms with Crippen LogP contribution in [0, 0.1) is 0 Å². The van der Waals surface area contributed by atoms with Crippen LogP contribution in [0.5, 0.6) is 0 Å². The van der Waals surface area contributed by atoms with Crippen molar-refractivity contribution >= 4 is 27.8 Å². The van der Waals surface area contributed by atoms with Gasteiger partial charge in [-0.1, -0.05) is 64.5 Å². The Labute approximate surface area is 114 Å². The average molecular weight is 299 g/mol. The molecule has 0 amide bonds. The van der Waals surface area contributed by atoms with Gasteiger partial charge in [-0.25, -0.2) is 0 Å². The number of rotatable bonds is 2. The summed E-state index contributed by atoms with van der Waals surface area (Å²) in [7, 11) is 0. The van der Waals surface area contributed by atoms with Gasteiger partial charge in [-0.05, 0) is 22.8 Å². The van der Waals surface area contributed by atoms with Crippen LogP contribution in [0.25, 0.3) is 17.2 Å². The fourth-order valence-electron chi connectivity index (χ4n) is 2.33. The number of carbonyl (C=O) groups is 1. The van der Waals surface area contributed by atoms with E-state index in [0.29, 0.717) is 0 Å². The van der Waals surface area contributed by atoms with Crippen molar-refractivity contribution in [3.8, 4) is 11.1 Å². The van der Waals surface area contributed by atoms with E-state index in [1.54, 1.807) is 0 Å². The molecule has 1 nitrogen and oxygen atoms in total. The number of allylic oxidation sites excluding steroid dienone is 1. The van der Waals surface area contributed by atoms with Crippen LogP contribution in [0.3, 0.4) is 0 Å². The van der Waals surface area contributed by atoms with Crippen LogP contribution in [-0.2, 0) is 0 Å². The third-order valence-electron chi connectivity index (χ3n) is 3.15. The van der Waals surface area contributed by atoms with Crippen molar-refractivity contribution in [2.45, 2.75) is 0 Å². The lowest BCUT2D eigenvalue weighted by Gasteiger charge is -2.00. The van der Waals surface area contributed by atoms with Gasteiger partial charge in [-0.2, -0.15) is 0 Å². The van der Waals surface area contributed by atoms with Crippen molar-refractivity contribution in [1.82, 2.24) is 0 Å². The molecule has 0 atom stereocenters. The Morgan fingerprint density at radius 1 is 0.944 bits per heavy atom. The maximum Gasteiger partial charge on any atom is 0.194 e. The molecule has 0 radical (unpaired) electrons. The molecule has 2 aromatic carbocycles. The molecule has 0 bridgehead atoms. The highest BCUT2D eigenvalue weighted by atomic mass is 79.9. The second kappa shape index (κ2) is 4.54. The summed E-state index contributed by atoms with van der Waals surface area (Å²) in [5.41, 5.74) is 4.79. The number of carbonyl (C=O) groups excluding carboxylic acids is 1. The van der Waals surface area contributed by atoms with Gasteiger partial charge in [0.25, 0.3) is 0 Å².